The quantitative estimate of drug-likeness (QED) is 0.484. The molecule has 1 heterocycles. The minimum Gasteiger partial charge on any atom is -0.444 e. The molecule has 0 aliphatic heterocycles. The second kappa shape index (κ2) is 9.80. The zero-order chi connectivity index (χ0) is 21.5. The van der Waals surface area contributed by atoms with Gasteiger partial charge in [0.1, 0.15) is 11.4 Å². The minimum absolute atomic E-state index is 0.225. The van der Waals surface area contributed by atoms with Crippen molar-refractivity contribution in [1.82, 2.24) is 21.1 Å². The van der Waals surface area contributed by atoms with Crippen LogP contribution >= 0.6 is 0 Å². The standard InChI is InChI=1S/C20H37N5O3/c1-10-21-17(22-11-13(2)16-14(3)25-28-15(16)4)23-12-20(8,9)24-18(26)27-19(5,6)7/h13H,10-12H2,1-9H3,(H,24,26)(H2,21,22,23). The summed E-state index contributed by atoms with van der Waals surface area (Å²) in [7, 11) is 0. The molecule has 0 aromatic carbocycles. The van der Waals surface area contributed by atoms with E-state index in [1.807, 2.05) is 55.4 Å². The van der Waals surface area contributed by atoms with Crippen molar-refractivity contribution in [1.29, 1.82) is 0 Å². The molecule has 8 heteroatoms. The Labute approximate surface area is 168 Å². The molecule has 1 aromatic heterocycles. The number of hydrogen-bond donors (Lipinski definition) is 3. The Morgan fingerprint density at radius 2 is 1.86 bits per heavy atom. The molecule has 8 nitrogen and oxygen atoms in total. The highest BCUT2D eigenvalue weighted by molar-refractivity contribution is 5.80. The molecule has 28 heavy (non-hydrogen) atoms. The summed E-state index contributed by atoms with van der Waals surface area (Å²) in [4.78, 5) is 16.6. The van der Waals surface area contributed by atoms with Crippen molar-refractivity contribution in [2.75, 3.05) is 19.6 Å². The zero-order valence-corrected chi connectivity index (χ0v) is 18.8. The predicted molar refractivity (Wildman–Crippen MR) is 112 cm³/mol. The third-order valence-electron chi connectivity index (χ3n) is 3.97. The van der Waals surface area contributed by atoms with Gasteiger partial charge >= 0.3 is 6.09 Å². The van der Waals surface area contributed by atoms with E-state index < -0.39 is 17.2 Å². The molecular weight excluding hydrogens is 358 g/mol. The number of aryl methyl sites for hydroxylation is 2. The van der Waals surface area contributed by atoms with Crippen LogP contribution in [0.1, 0.15) is 71.4 Å². The Morgan fingerprint density at radius 1 is 1.21 bits per heavy atom. The first-order valence-electron chi connectivity index (χ1n) is 9.80. The molecule has 0 spiro atoms. The van der Waals surface area contributed by atoms with Gasteiger partial charge in [-0.25, -0.2) is 4.79 Å². The molecular formula is C20H37N5O3. The van der Waals surface area contributed by atoms with Crippen molar-refractivity contribution in [3.05, 3.63) is 17.0 Å². The lowest BCUT2D eigenvalue weighted by Crippen LogP contribution is -2.49. The van der Waals surface area contributed by atoms with Crippen LogP contribution in [-0.2, 0) is 4.74 Å². The molecule has 0 aliphatic carbocycles. The van der Waals surface area contributed by atoms with Crippen molar-refractivity contribution in [2.24, 2.45) is 4.99 Å². The lowest BCUT2D eigenvalue weighted by molar-refractivity contribution is 0.0476. The van der Waals surface area contributed by atoms with Crippen LogP contribution < -0.4 is 16.0 Å². The molecule has 0 saturated heterocycles. The summed E-state index contributed by atoms with van der Waals surface area (Å²) in [6, 6.07) is 0. The Kier molecular flexibility index (Phi) is 8.32. The maximum atomic E-state index is 12.0. The summed E-state index contributed by atoms with van der Waals surface area (Å²) in [6.45, 7) is 19.2. The van der Waals surface area contributed by atoms with Gasteiger partial charge in [0.15, 0.2) is 5.96 Å². The Morgan fingerprint density at radius 3 is 2.36 bits per heavy atom. The summed E-state index contributed by atoms with van der Waals surface area (Å²) in [5.74, 6) is 1.76. The number of rotatable bonds is 7. The summed E-state index contributed by atoms with van der Waals surface area (Å²) >= 11 is 0. The van der Waals surface area contributed by atoms with E-state index in [0.717, 1.165) is 23.6 Å². The van der Waals surface area contributed by atoms with Crippen LogP contribution in [0.3, 0.4) is 0 Å². The van der Waals surface area contributed by atoms with Crippen LogP contribution in [0.15, 0.2) is 9.52 Å². The molecule has 0 aliphatic rings. The normalized spacial score (nSPS) is 13.8. The summed E-state index contributed by atoms with van der Waals surface area (Å²) in [6.07, 6.45) is -0.447. The topological polar surface area (TPSA) is 101 Å². The maximum absolute atomic E-state index is 12.0. The maximum Gasteiger partial charge on any atom is 0.408 e. The zero-order valence-electron chi connectivity index (χ0n) is 18.8. The highest BCUT2D eigenvalue weighted by Gasteiger charge is 2.24. The Bertz CT molecular complexity index is 654. The fourth-order valence-electron chi connectivity index (χ4n) is 2.78. The third kappa shape index (κ3) is 8.19. The van der Waals surface area contributed by atoms with Gasteiger partial charge in [-0.05, 0) is 55.4 Å². The molecule has 1 rings (SSSR count). The van der Waals surface area contributed by atoms with Crippen molar-refractivity contribution in [3.63, 3.8) is 0 Å². The van der Waals surface area contributed by atoms with E-state index in [1.54, 1.807) is 0 Å². The van der Waals surface area contributed by atoms with Crippen LogP contribution in [0.25, 0.3) is 0 Å². The van der Waals surface area contributed by atoms with Gasteiger partial charge in [-0.3, -0.25) is 4.99 Å². The third-order valence-corrected chi connectivity index (χ3v) is 3.97. The number of hydrogen-bond acceptors (Lipinski definition) is 5. The largest absolute Gasteiger partial charge is 0.444 e. The SMILES string of the molecule is CCNC(=NCC(C)(C)NC(=O)OC(C)(C)C)NCC(C)c1c(C)noc1C. The number of guanidine groups is 1. The molecule has 0 bridgehead atoms. The molecule has 1 atom stereocenters. The van der Waals surface area contributed by atoms with Gasteiger partial charge < -0.3 is 25.2 Å². The van der Waals surface area contributed by atoms with Gasteiger partial charge in [-0.1, -0.05) is 12.1 Å². The highest BCUT2D eigenvalue weighted by Crippen LogP contribution is 2.22. The number of aromatic nitrogens is 1. The van der Waals surface area contributed by atoms with Crippen molar-refractivity contribution in [2.45, 2.75) is 79.4 Å². The lowest BCUT2D eigenvalue weighted by atomic mass is 10.00. The average molecular weight is 396 g/mol. The summed E-state index contributed by atoms with van der Waals surface area (Å²) < 4.78 is 10.6. The van der Waals surface area contributed by atoms with Crippen molar-refractivity contribution >= 4 is 12.1 Å². The number of carbonyl (C=O) groups excluding carboxylic acids is 1. The molecule has 3 N–H and O–H groups in total. The smallest absolute Gasteiger partial charge is 0.408 e. The molecule has 160 valence electrons. The molecule has 0 saturated carbocycles. The molecule has 1 aromatic rings. The van der Waals surface area contributed by atoms with Crippen LogP contribution in [0.4, 0.5) is 4.79 Å². The minimum atomic E-state index is -0.544. The lowest BCUT2D eigenvalue weighted by Gasteiger charge is -2.27. The first-order valence-corrected chi connectivity index (χ1v) is 9.80. The fraction of sp³-hybridized carbons (Fsp3) is 0.750. The number of alkyl carbamates (subject to hydrolysis) is 1. The van der Waals surface area contributed by atoms with Gasteiger partial charge in [0.05, 0.1) is 17.8 Å². The van der Waals surface area contributed by atoms with E-state index in [0.29, 0.717) is 19.0 Å². The summed E-state index contributed by atoms with van der Waals surface area (Å²) in [5, 5.41) is 13.5. The predicted octanol–water partition coefficient (Wildman–Crippen LogP) is 3.25. The van der Waals surface area contributed by atoms with Gasteiger partial charge in [0.2, 0.25) is 0 Å². The number of ether oxygens (including phenoxy) is 1. The number of nitrogens with zero attached hydrogens (tertiary/aromatic N) is 2. The van der Waals surface area contributed by atoms with Crippen molar-refractivity contribution in [3.8, 4) is 0 Å². The van der Waals surface area contributed by atoms with Gasteiger partial charge in [0.25, 0.3) is 0 Å². The first kappa shape index (κ1) is 23.8. The highest BCUT2D eigenvalue weighted by atomic mass is 16.6. The average Bonchev–Trinajstić information content (AvgIpc) is 2.86. The van der Waals surface area contributed by atoms with Crippen LogP contribution in [0.2, 0.25) is 0 Å². The fourth-order valence-corrected chi connectivity index (χ4v) is 2.78. The second-order valence-electron chi connectivity index (χ2n) is 8.73. The molecule has 1 unspecified atom stereocenters. The van der Waals surface area contributed by atoms with Crippen molar-refractivity contribution < 1.29 is 14.1 Å². The van der Waals surface area contributed by atoms with E-state index in [1.165, 1.54) is 0 Å². The number of amides is 1. The van der Waals surface area contributed by atoms with Crippen LogP contribution in [-0.4, -0.2) is 48.0 Å². The number of aliphatic imine (C=N–C) groups is 1. The molecule has 0 radical (unpaired) electrons. The summed E-state index contributed by atoms with van der Waals surface area (Å²) in [5.41, 5.74) is 0.957. The van der Waals surface area contributed by atoms with Gasteiger partial charge in [-0.15, -0.1) is 0 Å². The number of carbonyl (C=O) groups is 1. The van der Waals surface area contributed by atoms with Crippen LogP contribution in [0.5, 0.6) is 0 Å². The van der Waals surface area contributed by atoms with Gasteiger partial charge in [-0.2, -0.15) is 0 Å². The molecule has 1 amide bonds. The first-order chi connectivity index (χ1) is 12.8. The van der Waals surface area contributed by atoms with E-state index in [2.05, 4.69) is 33.0 Å². The Balaban J connectivity index is 2.68. The van der Waals surface area contributed by atoms with E-state index in [9.17, 15) is 4.79 Å². The monoisotopic (exact) mass is 395 g/mol. The molecule has 0 fully saturated rings. The Hall–Kier alpha value is -2.25. The second-order valence-corrected chi connectivity index (χ2v) is 8.73. The van der Waals surface area contributed by atoms with Crippen LogP contribution in [0, 0.1) is 13.8 Å². The van der Waals surface area contributed by atoms with E-state index in [-0.39, 0.29) is 5.92 Å². The number of nitrogens with one attached hydrogen (secondary N) is 3. The van der Waals surface area contributed by atoms with E-state index in [4.69, 9.17) is 9.26 Å². The van der Waals surface area contributed by atoms with E-state index >= 15 is 0 Å². The van der Waals surface area contributed by atoms with Gasteiger partial charge in [0, 0.05) is 24.6 Å².